The molecule has 0 radical (unpaired) electrons. The molecule has 0 fully saturated rings. The molecule has 3 rings (SSSR count). The normalized spacial score (nSPS) is 10.8. The molecule has 0 aliphatic carbocycles. The Morgan fingerprint density at radius 2 is 1.88 bits per heavy atom. The Labute approximate surface area is 151 Å². The number of benzene rings is 2. The summed E-state index contributed by atoms with van der Waals surface area (Å²) in [6, 6.07) is 18.8. The monoisotopic (exact) mass is 355 g/mol. The zero-order valence-corrected chi connectivity index (χ0v) is 14.5. The Kier molecular flexibility index (Phi) is 5.48. The lowest BCUT2D eigenvalue weighted by molar-refractivity contribution is -0.117. The summed E-state index contributed by atoms with van der Waals surface area (Å²) >= 11 is 6.04. The fourth-order valence-electron chi connectivity index (χ4n) is 2.45. The summed E-state index contributed by atoms with van der Waals surface area (Å²) in [6.07, 6.45) is 0. The minimum absolute atomic E-state index is 0.137. The zero-order valence-electron chi connectivity index (χ0n) is 13.8. The van der Waals surface area contributed by atoms with Crippen LogP contribution in [-0.2, 0) is 11.3 Å². The lowest BCUT2D eigenvalue weighted by Crippen LogP contribution is -2.30. The van der Waals surface area contributed by atoms with Gasteiger partial charge in [-0.15, -0.1) is 0 Å². The van der Waals surface area contributed by atoms with Crippen molar-refractivity contribution < 1.29 is 9.32 Å². The maximum absolute atomic E-state index is 12.1. The number of nitrogens with zero attached hydrogens (tertiary/aromatic N) is 2. The summed E-state index contributed by atoms with van der Waals surface area (Å²) in [6.45, 7) is 0.727. The van der Waals surface area contributed by atoms with Crippen LogP contribution in [0.25, 0.3) is 11.3 Å². The Hall–Kier alpha value is -2.63. The maximum Gasteiger partial charge on any atom is 0.238 e. The highest BCUT2D eigenvalue weighted by molar-refractivity contribution is 6.33. The zero-order chi connectivity index (χ0) is 17.6. The topological polar surface area (TPSA) is 58.4 Å². The van der Waals surface area contributed by atoms with Gasteiger partial charge in [0.2, 0.25) is 5.91 Å². The SMILES string of the molecule is CN(CC(=O)Nc1ccccc1Cl)Cc1cc(-c2ccccc2)on1. The van der Waals surface area contributed by atoms with E-state index in [0.29, 0.717) is 23.0 Å². The van der Waals surface area contributed by atoms with Crippen molar-refractivity contribution in [3.8, 4) is 11.3 Å². The van der Waals surface area contributed by atoms with Gasteiger partial charge in [-0.3, -0.25) is 9.69 Å². The van der Waals surface area contributed by atoms with Crippen molar-refractivity contribution >= 4 is 23.2 Å². The number of para-hydroxylation sites is 1. The first-order chi connectivity index (χ1) is 12.1. The second kappa shape index (κ2) is 7.96. The van der Waals surface area contributed by atoms with Crippen LogP contribution in [0.1, 0.15) is 5.69 Å². The number of aromatic nitrogens is 1. The molecule has 0 unspecified atom stereocenters. The van der Waals surface area contributed by atoms with Gasteiger partial charge in [0, 0.05) is 18.2 Å². The summed E-state index contributed by atoms with van der Waals surface area (Å²) in [4.78, 5) is 14.0. The van der Waals surface area contributed by atoms with Gasteiger partial charge in [0.15, 0.2) is 5.76 Å². The van der Waals surface area contributed by atoms with Gasteiger partial charge in [0.05, 0.1) is 22.9 Å². The van der Waals surface area contributed by atoms with Crippen LogP contribution < -0.4 is 5.32 Å². The second-order valence-corrected chi connectivity index (χ2v) is 6.16. The fraction of sp³-hybridized carbons (Fsp3) is 0.158. The molecule has 1 aromatic heterocycles. The van der Waals surface area contributed by atoms with E-state index in [-0.39, 0.29) is 12.5 Å². The Bertz CT molecular complexity index is 849. The van der Waals surface area contributed by atoms with Crippen LogP contribution in [0.5, 0.6) is 0 Å². The van der Waals surface area contributed by atoms with E-state index in [1.54, 1.807) is 12.1 Å². The molecule has 5 nitrogen and oxygen atoms in total. The second-order valence-electron chi connectivity index (χ2n) is 5.75. The number of halogens is 1. The number of hydrogen-bond acceptors (Lipinski definition) is 4. The smallest absolute Gasteiger partial charge is 0.238 e. The molecule has 0 bridgehead atoms. The van der Waals surface area contributed by atoms with Crippen molar-refractivity contribution in [1.29, 1.82) is 0 Å². The quantitative estimate of drug-likeness (QED) is 0.724. The lowest BCUT2D eigenvalue weighted by Gasteiger charge is -2.15. The number of amides is 1. The van der Waals surface area contributed by atoms with E-state index < -0.39 is 0 Å². The van der Waals surface area contributed by atoms with Crippen molar-refractivity contribution in [1.82, 2.24) is 10.1 Å². The van der Waals surface area contributed by atoms with E-state index in [4.69, 9.17) is 16.1 Å². The maximum atomic E-state index is 12.1. The molecule has 1 N–H and O–H groups in total. The minimum atomic E-state index is -0.137. The standard InChI is InChI=1S/C19H18ClN3O2/c1-23(13-19(24)21-17-10-6-5-9-16(17)20)12-15-11-18(25-22-15)14-7-3-2-4-8-14/h2-11H,12-13H2,1H3,(H,21,24). The highest BCUT2D eigenvalue weighted by Gasteiger charge is 2.12. The number of hydrogen-bond donors (Lipinski definition) is 1. The van der Waals surface area contributed by atoms with E-state index in [0.717, 1.165) is 11.3 Å². The van der Waals surface area contributed by atoms with Gasteiger partial charge in [-0.25, -0.2) is 0 Å². The largest absolute Gasteiger partial charge is 0.356 e. The molecule has 6 heteroatoms. The van der Waals surface area contributed by atoms with Crippen molar-refractivity contribution in [2.24, 2.45) is 0 Å². The first-order valence-corrected chi connectivity index (χ1v) is 8.23. The molecule has 0 spiro atoms. The van der Waals surface area contributed by atoms with E-state index >= 15 is 0 Å². The first-order valence-electron chi connectivity index (χ1n) is 7.86. The van der Waals surface area contributed by atoms with Crippen LogP contribution in [0.2, 0.25) is 5.02 Å². The van der Waals surface area contributed by atoms with E-state index in [1.807, 2.05) is 60.5 Å². The fourth-order valence-corrected chi connectivity index (χ4v) is 2.64. The average Bonchev–Trinajstić information content (AvgIpc) is 3.06. The van der Waals surface area contributed by atoms with Gasteiger partial charge in [-0.2, -0.15) is 0 Å². The number of carbonyl (C=O) groups excluding carboxylic acids is 1. The van der Waals surface area contributed by atoms with E-state index in [9.17, 15) is 4.79 Å². The third-order valence-corrected chi connectivity index (χ3v) is 3.94. The van der Waals surface area contributed by atoms with Crippen molar-refractivity contribution in [2.75, 3.05) is 18.9 Å². The number of carbonyl (C=O) groups is 1. The number of nitrogens with one attached hydrogen (secondary N) is 1. The highest BCUT2D eigenvalue weighted by Crippen LogP contribution is 2.21. The predicted molar refractivity (Wildman–Crippen MR) is 98.4 cm³/mol. The van der Waals surface area contributed by atoms with Crippen molar-refractivity contribution in [2.45, 2.75) is 6.54 Å². The number of likely N-dealkylation sites (N-methyl/N-ethyl adjacent to an activating group) is 1. The van der Waals surface area contributed by atoms with Gasteiger partial charge in [-0.1, -0.05) is 59.2 Å². The third-order valence-electron chi connectivity index (χ3n) is 3.61. The molecule has 0 saturated heterocycles. The molecule has 0 saturated carbocycles. The molecule has 1 amide bonds. The molecule has 1 heterocycles. The summed E-state index contributed by atoms with van der Waals surface area (Å²) in [5.41, 5.74) is 2.35. The first kappa shape index (κ1) is 17.2. The Morgan fingerprint density at radius 3 is 2.64 bits per heavy atom. The van der Waals surface area contributed by atoms with Gasteiger partial charge in [-0.05, 0) is 19.2 Å². The third kappa shape index (κ3) is 4.68. The van der Waals surface area contributed by atoms with Crippen molar-refractivity contribution in [3.05, 3.63) is 71.4 Å². The van der Waals surface area contributed by atoms with Crippen LogP contribution in [0.4, 0.5) is 5.69 Å². The van der Waals surface area contributed by atoms with Gasteiger partial charge in [0.25, 0.3) is 0 Å². The molecule has 0 aliphatic rings. The van der Waals surface area contributed by atoms with Crippen LogP contribution in [0.15, 0.2) is 65.2 Å². The molecular weight excluding hydrogens is 338 g/mol. The highest BCUT2D eigenvalue weighted by atomic mass is 35.5. The number of anilines is 1. The minimum Gasteiger partial charge on any atom is -0.356 e. The van der Waals surface area contributed by atoms with Crippen LogP contribution in [0, 0.1) is 0 Å². The van der Waals surface area contributed by atoms with Gasteiger partial charge in [0.1, 0.15) is 0 Å². The Morgan fingerprint density at radius 1 is 1.16 bits per heavy atom. The van der Waals surface area contributed by atoms with Crippen LogP contribution in [0.3, 0.4) is 0 Å². The molecule has 0 aliphatic heterocycles. The molecule has 128 valence electrons. The summed E-state index contributed by atoms with van der Waals surface area (Å²) in [5.74, 6) is 0.576. The molecular formula is C19H18ClN3O2. The summed E-state index contributed by atoms with van der Waals surface area (Å²) in [5, 5.41) is 7.39. The van der Waals surface area contributed by atoms with Gasteiger partial charge >= 0.3 is 0 Å². The predicted octanol–water partition coefficient (Wildman–Crippen LogP) is 4.07. The van der Waals surface area contributed by atoms with E-state index in [2.05, 4.69) is 10.5 Å². The molecule has 3 aromatic rings. The number of rotatable bonds is 6. The van der Waals surface area contributed by atoms with Crippen LogP contribution >= 0.6 is 11.6 Å². The summed E-state index contributed by atoms with van der Waals surface area (Å²) < 4.78 is 5.37. The van der Waals surface area contributed by atoms with Gasteiger partial charge < -0.3 is 9.84 Å². The molecule has 0 atom stereocenters. The lowest BCUT2D eigenvalue weighted by atomic mass is 10.1. The van der Waals surface area contributed by atoms with Crippen LogP contribution in [-0.4, -0.2) is 29.6 Å². The molecule has 2 aromatic carbocycles. The van der Waals surface area contributed by atoms with Crippen molar-refractivity contribution in [3.63, 3.8) is 0 Å². The van der Waals surface area contributed by atoms with E-state index in [1.165, 1.54) is 0 Å². The summed E-state index contributed by atoms with van der Waals surface area (Å²) in [7, 11) is 1.85. The molecule has 25 heavy (non-hydrogen) atoms. The average molecular weight is 356 g/mol. The Balaban J connectivity index is 1.56.